The van der Waals surface area contributed by atoms with E-state index in [0.717, 1.165) is 36.0 Å². The molecule has 0 radical (unpaired) electrons. The van der Waals surface area contributed by atoms with Crippen LogP contribution in [0, 0.1) is 11.6 Å². The Balaban J connectivity index is 1.19. The molecule has 3 aliphatic heterocycles. The topological polar surface area (TPSA) is 105 Å². The molecule has 0 saturated carbocycles. The van der Waals surface area contributed by atoms with E-state index in [4.69, 9.17) is 16.4 Å². The maximum atomic E-state index is 14.8. The molecule has 0 bridgehead atoms. The number of oxime groups is 1. The Hall–Kier alpha value is -4.84. The highest BCUT2D eigenvalue weighted by atomic mass is 35.5. The minimum absolute atomic E-state index is 0.0125. The van der Waals surface area contributed by atoms with Gasteiger partial charge in [-0.05, 0) is 60.0 Å². The molecule has 3 aliphatic rings. The zero-order chi connectivity index (χ0) is 32.8. The Morgan fingerprint density at radius 3 is 2.57 bits per heavy atom. The Bertz CT molecular complexity index is 1890. The molecule has 0 spiro atoms. The summed E-state index contributed by atoms with van der Waals surface area (Å²) >= 11 is 5.97. The third kappa shape index (κ3) is 5.71. The normalized spacial score (nSPS) is 18.8. The van der Waals surface area contributed by atoms with E-state index in [1.807, 2.05) is 18.2 Å². The summed E-state index contributed by atoms with van der Waals surface area (Å²) in [7, 11) is 0. The summed E-state index contributed by atoms with van der Waals surface area (Å²) in [5.74, 6) is 0.109. The molecule has 47 heavy (non-hydrogen) atoms. The van der Waals surface area contributed by atoms with Gasteiger partial charge in [-0.25, -0.2) is 8.78 Å². The fourth-order valence-electron chi connectivity index (χ4n) is 6.60. The summed E-state index contributed by atoms with van der Waals surface area (Å²) in [6.07, 6.45) is -0.558. The molecule has 1 N–H and O–H groups in total. The van der Waals surface area contributed by atoms with Crippen molar-refractivity contribution in [3.05, 3.63) is 106 Å². The largest absolute Gasteiger partial charge is 0.382 e. The van der Waals surface area contributed by atoms with Crippen LogP contribution in [0.5, 0.6) is 0 Å². The molecule has 10 nitrogen and oxygen atoms in total. The van der Waals surface area contributed by atoms with Crippen LogP contribution in [0.15, 0.2) is 65.8 Å². The quantitative estimate of drug-likeness (QED) is 0.289. The summed E-state index contributed by atoms with van der Waals surface area (Å²) in [5.41, 5.74) is 3.41. The van der Waals surface area contributed by atoms with E-state index in [-0.39, 0.29) is 35.2 Å². The molecule has 3 aromatic carbocycles. The minimum Gasteiger partial charge on any atom is -0.382 e. The highest BCUT2D eigenvalue weighted by molar-refractivity contribution is 6.31. The lowest BCUT2D eigenvalue weighted by atomic mass is 9.89. The number of nitrogens with zero attached hydrogens (tertiary/aromatic N) is 6. The standard InChI is InChI=1S/C34H32ClF2N7O3/c1-19(2)32-40-39-29-18-42(15-16-43(29)32)27-8-4-5-23-22(27)13-14-44(31(23)33(45)38-21-11-9-20(36)10-12-21)34(46)28-17-26(41-47-28)24-6-3-7-25(35)30(24)37/h3-12,19,28,31H,13-18H2,1-2H3,(H,38,45)/t28?,31-/m0/s1. The second kappa shape index (κ2) is 12.4. The Labute approximate surface area is 275 Å². The molecule has 0 saturated heterocycles. The van der Waals surface area contributed by atoms with Gasteiger partial charge in [-0.2, -0.15) is 0 Å². The van der Waals surface area contributed by atoms with Crippen molar-refractivity contribution >= 4 is 40.5 Å². The third-order valence-electron chi connectivity index (χ3n) is 8.89. The third-order valence-corrected chi connectivity index (χ3v) is 9.18. The zero-order valence-electron chi connectivity index (χ0n) is 25.8. The number of halogens is 3. The number of hydrogen-bond donors (Lipinski definition) is 1. The van der Waals surface area contributed by atoms with Crippen LogP contribution in [-0.4, -0.2) is 56.4 Å². The van der Waals surface area contributed by atoms with E-state index in [0.29, 0.717) is 24.2 Å². The van der Waals surface area contributed by atoms with Crippen LogP contribution >= 0.6 is 11.6 Å². The summed E-state index contributed by atoms with van der Waals surface area (Å²) < 4.78 is 30.6. The Kier molecular flexibility index (Phi) is 8.13. The molecule has 242 valence electrons. The predicted molar refractivity (Wildman–Crippen MR) is 172 cm³/mol. The number of carbonyl (C=O) groups excluding carboxylic acids is 2. The number of fused-ring (bicyclic) bond motifs is 2. The average Bonchev–Trinajstić information content (AvgIpc) is 3.74. The van der Waals surface area contributed by atoms with Gasteiger partial charge in [0.05, 0.1) is 17.3 Å². The highest BCUT2D eigenvalue weighted by Gasteiger charge is 2.42. The van der Waals surface area contributed by atoms with Gasteiger partial charge in [0.1, 0.15) is 17.7 Å². The zero-order valence-corrected chi connectivity index (χ0v) is 26.5. The molecule has 1 aromatic heterocycles. The fraction of sp³-hybridized carbons (Fsp3) is 0.324. The van der Waals surface area contributed by atoms with Crippen molar-refractivity contribution in [2.45, 2.75) is 57.8 Å². The predicted octanol–water partition coefficient (Wildman–Crippen LogP) is 5.61. The van der Waals surface area contributed by atoms with Gasteiger partial charge in [0.2, 0.25) is 6.10 Å². The number of amides is 2. The first-order chi connectivity index (χ1) is 22.7. The Morgan fingerprint density at radius 1 is 1.00 bits per heavy atom. The monoisotopic (exact) mass is 659 g/mol. The van der Waals surface area contributed by atoms with Crippen LogP contribution in [0.25, 0.3) is 0 Å². The molecule has 0 fully saturated rings. The van der Waals surface area contributed by atoms with Crippen LogP contribution in [0.2, 0.25) is 5.02 Å². The van der Waals surface area contributed by atoms with Crippen molar-refractivity contribution in [2.75, 3.05) is 23.3 Å². The van der Waals surface area contributed by atoms with Crippen molar-refractivity contribution in [2.24, 2.45) is 5.16 Å². The maximum Gasteiger partial charge on any atom is 0.267 e. The van der Waals surface area contributed by atoms with Crippen LogP contribution in [0.3, 0.4) is 0 Å². The molecular weight excluding hydrogens is 628 g/mol. The summed E-state index contributed by atoms with van der Waals surface area (Å²) in [5, 5.41) is 15.7. The molecule has 13 heteroatoms. The van der Waals surface area contributed by atoms with E-state index >= 15 is 0 Å². The van der Waals surface area contributed by atoms with E-state index in [1.54, 1.807) is 6.07 Å². The lowest BCUT2D eigenvalue weighted by Gasteiger charge is -2.40. The van der Waals surface area contributed by atoms with Crippen LogP contribution in [0.4, 0.5) is 20.2 Å². The van der Waals surface area contributed by atoms with Gasteiger partial charge < -0.3 is 24.5 Å². The number of hydrogen-bond acceptors (Lipinski definition) is 7. The average molecular weight is 660 g/mol. The molecule has 0 aliphatic carbocycles. The van der Waals surface area contributed by atoms with E-state index in [9.17, 15) is 18.4 Å². The van der Waals surface area contributed by atoms with Gasteiger partial charge in [0.15, 0.2) is 11.6 Å². The van der Waals surface area contributed by atoms with Crippen molar-refractivity contribution in [3.8, 4) is 0 Å². The summed E-state index contributed by atoms with van der Waals surface area (Å²) in [4.78, 5) is 37.4. The second-order valence-corrected chi connectivity index (χ2v) is 12.6. The van der Waals surface area contributed by atoms with Crippen molar-refractivity contribution in [1.82, 2.24) is 19.7 Å². The number of nitrogens with one attached hydrogen (secondary N) is 1. The molecule has 7 rings (SSSR count). The first kappa shape index (κ1) is 30.8. The van der Waals surface area contributed by atoms with Gasteiger partial charge in [0.25, 0.3) is 11.8 Å². The first-order valence-electron chi connectivity index (χ1n) is 15.5. The van der Waals surface area contributed by atoms with Crippen molar-refractivity contribution in [1.29, 1.82) is 0 Å². The smallest absolute Gasteiger partial charge is 0.267 e. The number of anilines is 2. The lowest BCUT2D eigenvalue weighted by Crippen LogP contribution is -2.49. The SMILES string of the molecule is CC(C)c1nnc2n1CCN(c1cccc3c1CCN(C(=O)C1CC(c4cccc(Cl)c4F)=NO1)[C@@H]3C(=O)Nc1ccc(F)cc1)C2. The maximum absolute atomic E-state index is 14.8. The van der Waals surface area contributed by atoms with Gasteiger partial charge in [-0.3, -0.25) is 9.59 Å². The molecule has 2 amide bonds. The lowest BCUT2D eigenvalue weighted by molar-refractivity contribution is -0.148. The van der Waals surface area contributed by atoms with Crippen LogP contribution in [-0.2, 0) is 33.9 Å². The van der Waals surface area contributed by atoms with Crippen molar-refractivity contribution in [3.63, 3.8) is 0 Å². The first-order valence-corrected chi connectivity index (χ1v) is 15.9. The minimum atomic E-state index is -1.06. The van der Waals surface area contributed by atoms with Gasteiger partial charge in [-0.15, -0.1) is 10.2 Å². The van der Waals surface area contributed by atoms with E-state index in [1.165, 1.54) is 41.3 Å². The fourth-order valence-corrected chi connectivity index (χ4v) is 6.78. The van der Waals surface area contributed by atoms with Crippen LogP contribution < -0.4 is 10.2 Å². The van der Waals surface area contributed by atoms with Crippen LogP contribution in [0.1, 0.15) is 60.6 Å². The number of rotatable bonds is 6. The molecule has 2 atom stereocenters. The molecular formula is C34H32ClF2N7O3. The van der Waals surface area contributed by atoms with Gasteiger partial charge in [-0.1, -0.05) is 48.8 Å². The van der Waals surface area contributed by atoms with Gasteiger partial charge >= 0.3 is 0 Å². The van der Waals surface area contributed by atoms with Gasteiger partial charge in [0, 0.05) is 48.9 Å². The molecule has 4 aromatic rings. The second-order valence-electron chi connectivity index (χ2n) is 12.2. The molecule has 4 heterocycles. The Morgan fingerprint density at radius 2 is 1.79 bits per heavy atom. The number of benzene rings is 3. The summed E-state index contributed by atoms with van der Waals surface area (Å²) in [6, 6.07) is 14.8. The number of carbonyl (C=O) groups is 2. The van der Waals surface area contributed by atoms with Crippen molar-refractivity contribution < 1.29 is 23.2 Å². The van der Waals surface area contributed by atoms with E-state index in [2.05, 4.69) is 44.0 Å². The summed E-state index contributed by atoms with van der Waals surface area (Å²) in [6.45, 7) is 6.44. The number of aromatic nitrogens is 3. The highest BCUT2D eigenvalue weighted by Crippen LogP contribution is 2.39. The molecule has 1 unspecified atom stereocenters. The van der Waals surface area contributed by atoms with E-state index < -0.39 is 35.6 Å².